The molecule has 1 aromatic rings. The molecule has 0 radical (unpaired) electrons. The molecule has 1 atom stereocenters. The zero-order valence-corrected chi connectivity index (χ0v) is 10.7. The normalized spacial score (nSPS) is 12.5. The summed E-state index contributed by atoms with van der Waals surface area (Å²) < 4.78 is 15.7. The summed E-state index contributed by atoms with van der Waals surface area (Å²) in [6.45, 7) is 3.63. The van der Waals surface area contributed by atoms with Crippen molar-refractivity contribution in [1.29, 1.82) is 0 Å². The van der Waals surface area contributed by atoms with Crippen molar-refractivity contribution in [3.05, 3.63) is 29.3 Å². The van der Waals surface area contributed by atoms with Crippen molar-refractivity contribution in [3.63, 3.8) is 0 Å². The largest absolute Gasteiger partial charge is 0.496 e. The van der Waals surface area contributed by atoms with Crippen molar-refractivity contribution < 1.29 is 14.2 Å². The molecule has 0 aliphatic carbocycles. The first-order valence-electron chi connectivity index (χ1n) is 5.68. The Morgan fingerprint density at radius 2 is 2.00 bits per heavy atom. The molecule has 0 spiro atoms. The number of ether oxygens (including phenoxy) is 3. The van der Waals surface area contributed by atoms with Gasteiger partial charge in [-0.3, -0.25) is 0 Å². The molecule has 17 heavy (non-hydrogen) atoms. The highest BCUT2D eigenvalue weighted by Gasteiger charge is 2.07. The first kappa shape index (κ1) is 14.0. The lowest BCUT2D eigenvalue weighted by Crippen LogP contribution is -2.07. The molecule has 0 aliphatic rings. The molecule has 1 unspecified atom stereocenters. The highest BCUT2D eigenvalue weighted by atomic mass is 16.5. The van der Waals surface area contributed by atoms with Gasteiger partial charge in [-0.05, 0) is 24.6 Å². The van der Waals surface area contributed by atoms with E-state index >= 15 is 0 Å². The maximum absolute atomic E-state index is 5.85. The average Bonchev–Trinajstić information content (AvgIpc) is 2.34. The maximum Gasteiger partial charge on any atom is 0.124 e. The summed E-state index contributed by atoms with van der Waals surface area (Å²) in [6.07, 6.45) is 0. The van der Waals surface area contributed by atoms with Crippen LogP contribution in [0.5, 0.6) is 5.75 Å². The minimum atomic E-state index is 0.0126. The van der Waals surface area contributed by atoms with Gasteiger partial charge in [0.25, 0.3) is 0 Å². The zero-order valence-electron chi connectivity index (χ0n) is 10.7. The Kier molecular flexibility index (Phi) is 5.97. The van der Waals surface area contributed by atoms with E-state index in [1.807, 2.05) is 25.1 Å². The molecule has 4 heteroatoms. The first-order chi connectivity index (χ1) is 8.19. The molecule has 0 amide bonds. The molecule has 0 fully saturated rings. The van der Waals surface area contributed by atoms with Crippen LogP contribution in [0.25, 0.3) is 0 Å². The number of methoxy groups -OCH3 is 2. The van der Waals surface area contributed by atoms with Gasteiger partial charge in [-0.1, -0.05) is 6.07 Å². The van der Waals surface area contributed by atoms with E-state index in [0.29, 0.717) is 19.8 Å². The third-order valence-corrected chi connectivity index (χ3v) is 2.52. The fraction of sp³-hybridized carbons (Fsp3) is 0.538. The van der Waals surface area contributed by atoms with Crippen molar-refractivity contribution in [1.82, 2.24) is 0 Å². The minimum Gasteiger partial charge on any atom is -0.496 e. The molecule has 0 bridgehead atoms. The van der Waals surface area contributed by atoms with E-state index in [1.165, 1.54) is 0 Å². The second kappa shape index (κ2) is 7.27. The van der Waals surface area contributed by atoms with E-state index in [1.54, 1.807) is 14.2 Å². The summed E-state index contributed by atoms with van der Waals surface area (Å²) in [5.41, 5.74) is 7.94. The molecule has 96 valence electrons. The summed E-state index contributed by atoms with van der Waals surface area (Å²) in [5, 5.41) is 0. The van der Waals surface area contributed by atoms with Crippen LogP contribution in [0.3, 0.4) is 0 Å². The van der Waals surface area contributed by atoms with Crippen LogP contribution in [0.2, 0.25) is 0 Å². The Morgan fingerprint density at radius 3 is 2.59 bits per heavy atom. The summed E-state index contributed by atoms with van der Waals surface area (Å²) in [6, 6.07) is 5.94. The van der Waals surface area contributed by atoms with Crippen LogP contribution in [-0.2, 0) is 16.1 Å². The van der Waals surface area contributed by atoms with Gasteiger partial charge in [0.2, 0.25) is 0 Å². The van der Waals surface area contributed by atoms with Gasteiger partial charge in [-0.25, -0.2) is 0 Å². The molecule has 0 aliphatic heterocycles. The standard InChI is InChI=1S/C13H21NO3/c1-10(14)11-4-5-13(16-3)12(8-11)9-17-7-6-15-2/h4-5,8,10H,6-7,9,14H2,1-3H3. The van der Waals surface area contributed by atoms with E-state index in [9.17, 15) is 0 Å². The van der Waals surface area contributed by atoms with Crippen molar-refractivity contribution in [2.45, 2.75) is 19.6 Å². The number of hydrogen-bond acceptors (Lipinski definition) is 4. The van der Waals surface area contributed by atoms with Crippen molar-refractivity contribution >= 4 is 0 Å². The average molecular weight is 239 g/mol. The Balaban J connectivity index is 2.69. The summed E-state index contributed by atoms with van der Waals surface area (Å²) in [5.74, 6) is 0.826. The summed E-state index contributed by atoms with van der Waals surface area (Å²) in [4.78, 5) is 0. The lowest BCUT2D eigenvalue weighted by Gasteiger charge is -2.13. The molecular weight excluding hydrogens is 218 g/mol. The first-order valence-corrected chi connectivity index (χ1v) is 5.68. The maximum atomic E-state index is 5.85. The van der Waals surface area contributed by atoms with Crippen LogP contribution in [0, 0.1) is 0 Å². The van der Waals surface area contributed by atoms with Crippen LogP contribution in [0.15, 0.2) is 18.2 Å². The number of hydrogen-bond donors (Lipinski definition) is 1. The molecule has 0 heterocycles. The second-order valence-electron chi connectivity index (χ2n) is 3.91. The van der Waals surface area contributed by atoms with Crippen molar-refractivity contribution in [2.24, 2.45) is 5.73 Å². The quantitative estimate of drug-likeness (QED) is 0.738. The topological polar surface area (TPSA) is 53.7 Å². The van der Waals surface area contributed by atoms with Crippen molar-refractivity contribution in [3.8, 4) is 5.75 Å². The Bertz CT molecular complexity index is 339. The highest BCUT2D eigenvalue weighted by molar-refractivity contribution is 5.37. The van der Waals surface area contributed by atoms with Crippen molar-refractivity contribution in [2.75, 3.05) is 27.4 Å². The molecule has 2 N–H and O–H groups in total. The predicted molar refractivity (Wildman–Crippen MR) is 67.1 cm³/mol. The lowest BCUT2D eigenvalue weighted by atomic mass is 10.1. The smallest absolute Gasteiger partial charge is 0.124 e. The van der Waals surface area contributed by atoms with E-state index in [-0.39, 0.29) is 6.04 Å². The lowest BCUT2D eigenvalue weighted by molar-refractivity contribution is 0.0607. The molecule has 4 nitrogen and oxygen atoms in total. The number of rotatable bonds is 7. The predicted octanol–water partition coefficient (Wildman–Crippen LogP) is 1.88. The highest BCUT2D eigenvalue weighted by Crippen LogP contribution is 2.23. The third kappa shape index (κ3) is 4.34. The molecule has 1 aromatic carbocycles. The Labute approximate surface area is 103 Å². The van der Waals surface area contributed by atoms with Gasteiger partial charge in [-0.15, -0.1) is 0 Å². The van der Waals surface area contributed by atoms with Crippen LogP contribution >= 0.6 is 0 Å². The van der Waals surface area contributed by atoms with Gasteiger partial charge >= 0.3 is 0 Å². The number of nitrogens with two attached hydrogens (primary N) is 1. The summed E-state index contributed by atoms with van der Waals surface area (Å²) in [7, 11) is 3.31. The monoisotopic (exact) mass is 239 g/mol. The van der Waals surface area contributed by atoms with Crippen LogP contribution in [0.1, 0.15) is 24.1 Å². The fourth-order valence-electron chi connectivity index (χ4n) is 1.52. The van der Waals surface area contributed by atoms with Gasteiger partial charge in [0.05, 0.1) is 26.9 Å². The van der Waals surface area contributed by atoms with Gasteiger partial charge in [0.15, 0.2) is 0 Å². The molecule has 1 rings (SSSR count). The Hall–Kier alpha value is -1.10. The molecule has 0 saturated heterocycles. The van der Waals surface area contributed by atoms with Gasteiger partial charge in [0, 0.05) is 18.7 Å². The fourth-order valence-corrected chi connectivity index (χ4v) is 1.52. The van der Waals surface area contributed by atoms with E-state index in [2.05, 4.69) is 0 Å². The minimum absolute atomic E-state index is 0.0126. The van der Waals surface area contributed by atoms with Gasteiger partial charge in [0.1, 0.15) is 5.75 Å². The zero-order chi connectivity index (χ0) is 12.7. The molecule has 0 saturated carbocycles. The Morgan fingerprint density at radius 1 is 1.24 bits per heavy atom. The second-order valence-corrected chi connectivity index (χ2v) is 3.91. The molecular formula is C13H21NO3. The van der Waals surface area contributed by atoms with E-state index in [4.69, 9.17) is 19.9 Å². The van der Waals surface area contributed by atoms with Gasteiger partial charge < -0.3 is 19.9 Å². The van der Waals surface area contributed by atoms with Gasteiger partial charge in [-0.2, -0.15) is 0 Å². The summed E-state index contributed by atoms with van der Waals surface area (Å²) >= 11 is 0. The SMILES string of the molecule is COCCOCc1cc(C(C)N)ccc1OC. The number of benzene rings is 1. The van der Waals surface area contributed by atoms with Crippen LogP contribution in [-0.4, -0.2) is 27.4 Å². The van der Waals surface area contributed by atoms with Crippen LogP contribution < -0.4 is 10.5 Å². The molecule has 0 aromatic heterocycles. The third-order valence-electron chi connectivity index (χ3n) is 2.52. The van der Waals surface area contributed by atoms with E-state index < -0.39 is 0 Å². The van der Waals surface area contributed by atoms with Crippen LogP contribution in [0.4, 0.5) is 0 Å². The van der Waals surface area contributed by atoms with E-state index in [0.717, 1.165) is 16.9 Å².